The van der Waals surface area contributed by atoms with Gasteiger partial charge in [-0.3, -0.25) is 0 Å². The van der Waals surface area contributed by atoms with Gasteiger partial charge in [-0.1, -0.05) is 138 Å². The van der Waals surface area contributed by atoms with E-state index < -0.39 is 0 Å². The predicted molar refractivity (Wildman–Crippen MR) is 143 cm³/mol. The molecule has 2 aromatic carbocycles. The predicted octanol–water partition coefficient (Wildman–Crippen LogP) is 8.51. The van der Waals surface area contributed by atoms with Crippen molar-refractivity contribution in [2.75, 3.05) is 19.8 Å². The van der Waals surface area contributed by atoms with Crippen LogP contribution in [0.4, 0.5) is 0 Å². The van der Waals surface area contributed by atoms with Crippen molar-refractivity contribution in [3.8, 4) is 0 Å². The lowest BCUT2D eigenvalue weighted by molar-refractivity contribution is -0.0702. The van der Waals surface area contributed by atoms with E-state index in [1.165, 1.54) is 81.8 Å². The molecule has 1 unspecified atom stereocenters. The first-order valence-corrected chi connectivity index (χ1v) is 13.7. The van der Waals surface area contributed by atoms with Gasteiger partial charge in [-0.2, -0.15) is 0 Å². The lowest BCUT2D eigenvalue weighted by Crippen LogP contribution is -2.26. The number of unbranched alkanes of at least 4 members (excludes halogenated alkanes) is 11. The summed E-state index contributed by atoms with van der Waals surface area (Å²) in [5.41, 5.74) is 2.36. The van der Waals surface area contributed by atoms with Crippen LogP contribution in [-0.2, 0) is 27.4 Å². The summed E-state index contributed by atoms with van der Waals surface area (Å²) in [5, 5.41) is 0. The minimum Gasteiger partial charge on any atom is -0.379 e. The third-order valence-corrected chi connectivity index (χ3v) is 6.19. The van der Waals surface area contributed by atoms with Crippen LogP contribution in [0.5, 0.6) is 0 Å². The van der Waals surface area contributed by atoms with E-state index in [-0.39, 0.29) is 6.10 Å². The smallest absolute Gasteiger partial charge is 0.105 e. The molecule has 0 spiro atoms. The monoisotopic (exact) mass is 468 g/mol. The average molecular weight is 469 g/mol. The summed E-state index contributed by atoms with van der Waals surface area (Å²) >= 11 is 0. The van der Waals surface area contributed by atoms with Crippen LogP contribution in [0.25, 0.3) is 0 Å². The van der Waals surface area contributed by atoms with Crippen LogP contribution in [0.2, 0.25) is 0 Å². The Morgan fingerprint density at radius 3 is 1.56 bits per heavy atom. The van der Waals surface area contributed by atoms with Crippen LogP contribution < -0.4 is 0 Å². The van der Waals surface area contributed by atoms with Crippen molar-refractivity contribution in [1.29, 1.82) is 0 Å². The Balaban J connectivity index is 1.52. The topological polar surface area (TPSA) is 27.7 Å². The fourth-order valence-electron chi connectivity index (χ4n) is 4.08. The van der Waals surface area contributed by atoms with Gasteiger partial charge in [-0.15, -0.1) is 0 Å². The molecule has 0 radical (unpaired) electrons. The second-order valence-corrected chi connectivity index (χ2v) is 9.38. The summed E-state index contributed by atoms with van der Waals surface area (Å²) in [6.07, 6.45) is 16.3. The molecular weight excluding hydrogens is 420 g/mol. The number of hydrogen-bond acceptors (Lipinski definition) is 3. The summed E-state index contributed by atoms with van der Waals surface area (Å²) in [7, 11) is 0. The summed E-state index contributed by atoms with van der Waals surface area (Å²) in [6, 6.07) is 20.6. The van der Waals surface area contributed by atoms with Gasteiger partial charge < -0.3 is 14.2 Å². The number of benzene rings is 2. The Kier molecular flexibility index (Phi) is 17.4. The quantitative estimate of drug-likeness (QED) is 0.162. The second-order valence-electron chi connectivity index (χ2n) is 9.38. The highest BCUT2D eigenvalue weighted by Gasteiger charge is 2.11. The maximum Gasteiger partial charge on any atom is 0.105 e. The molecule has 0 heterocycles. The van der Waals surface area contributed by atoms with E-state index in [9.17, 15) is 0 Å². The van der Waals surface area contributed by atoms with Crippen molar-refractivity contribution in [2.24, 2.45) is 0 Å². The van der Waals surface area contributed by atoms with Crippen molar-refractivity contribution < 1.29 is 14.2 Å². The Labute approximate surface area is 209 Å². The van der Waals surface area contributed by atoms with E-state index in [0.29, 0.717) is 26.4 Å². The highest BCUT2D eigenvalue weighted by molar-refractivity contribution is 5.14. The van der Waals surface area contributed by atoms with Crippen molar-refractivity contribution in [3.05, 3.63) is 71.8 Å². The minimum atomic E-state index is -0.0544. The summed E-state index contributed by atoms with van der Waals surface area (Å²) in [4.78, 5) is 0. The minimum absolute atomic E-state index is 0.0544. The summed E-state index contributed by atoms with van der Waals surface area (Å²) < 4.78 is 18.0. The van der Waals surface area contributed by atoms with Gasteiger partial charge in [0.25, 0.3) is 0 Å². The first-order chi connectivity index (χ1) is 16.9. The van der Waals surface area contributed by atoms with Crippen molar-refractivity contribution >= 4 is 0 Å². The van der Waals surface area contributed by atoms with Crippen LogP contribution in [0.1, 0.15) is 95.1 Å². The lowest BCUT2D eigenvalue weighted by Gasteiger charge is -2.18. The van der Waals surface area contributed by atoms with Gasteiger partial charge in [-0.25, -0.2) is 0 Å². The molecule has 0 saturated carbocycles. The van der Waals surface area contributed by atoms with Gasteiger partial charge in [0.15, 0.2) is 0 Å². The molecule has 2 rings (SSSR count). The first kappa shape index (κ1) is 28.6. The Morgan fingerprint density at radius 1 is 0.529 bits per heavy atom. The van der Waals surface area contributed by atoms with Gasteiger partial charge in [0.05, 0.1) is 26.4 Å². The van der Waals surface area contributed by atoms with E-state index in [4.69, 9.17) is 14.2 Å². The average Bonchev–Trinajstić information content (AvgIpc) is 2.88. The van der Waals surface area contributed by atoms with Crippen LogP contribution >= 0.6 is 0 Å². The van der Waals surface area contributed by atoms with Gasteiger partial charge in [0.2, 0.25) is 0 Å². The maximum atomic E-state index is 6.13. The molecule has 3 heteroatoms. The molecule has 34 heavy (non-hydrogen) atoms. The maximum absolute atomic E-state index is 6.13. The SMILES string of the molecule is CCCCCCCCCCCCCCOCC(COCc1ccccc1)OCc1ccccc1. The zero-order valence-corrected chi connectivity index (χ0v) is 21.6. The van der Waals surface area contributed by atoms with Gasteiger partial charge in [0.1, 0.15) is 6.10 Å². The highest BCUT2D eigenvalue weighted by Crippen LogP contribution is 2.12. The van der Waals surface area contributed by atoms with E-state index in [2.05, 4.69) is 31.2 Å². The third kappa shape index (κ3) is 15.3. The lowest BCUT2D eigenvalue weighted by atomic mass is 10.1. The highest BCUT2D eigenvalue weighted by atomic mass is 16.6. The van der Waals surface area contributed by atoms with Crippen LogP contribution in [0.15, 0.2) is 60.7 Å². The van der Waals surface area contributed by atoms with E-state index >= 15 is 0 Å². The molecule has 0 aliphatic heterocycles. The molecule has 0 bridgehead atoms. The van der Waals surface area contributed by atoms with Crippen LogP contribution in [-0.4, -0.2) is 25.9 Å². The molecule has 0 fully saturated rings. The Morgan fingerprint density at radius 2 is 1.00 bits per heavy atom. The molecule has 0 aliphatic rings. The number of rotatable bonds is 22. The molecule has 190 valence electrons. The van der Waals surface area contributed by atoms with Crippen molar-refractivity contribution in [3.63, 3.8) is 0 Å². The molecule has 2 aromatic rings. The molecule has 3 nitrogen and oxygen atoms in total. The fourth-order valence-corrected chi connectivity index (χ4v) is 4.08. The van der Waals surface area contributed by atoms with Crippen molar-refractivity contribution in [1.82, 2.24) is 0 Å². The standard InChI is InChI=1S/C31H48O3/c1-2-3-4-5-6-7-8-9-10-11-12-19-24-32-27-31(34-26-30-22-17-14-18-23-30)28-33-25-29-20-15-13-16-21-29/h13-18,20-23,31H,2-12,19,24-28H2,1H3. The van der Waals surface area contributed by atoms with Crippen molar-refractivity contribution in [2.45, 2.75) is 103 Å². The number of ether oxygens (including phenoxy) is 3. The van der Waals surface area contributed by atoms with E-state index in [1.807, 2.05) is 36.4 Å². The Hall–Kier alpha value is -1.68. The molecule has 0 aromatic heterocycles. The van der Waals surface area contributed by atoms with E-state index in [0.717, 1.165) is 13.0 Å². The zero-order valence-electron chi connectivity index (χ0n) is 21.6. The Bertz CT molecular complexity index is 674. The normalized spacial score (nSPS) is 12.1. The molecular formula is C31H48O3. The second kappa shape index (κ2) is 20.7. The summed E-state index contributed by atoms with van der Waals surface area (Å²) in [6.45, 7) is 5.40. The zero-order chi connectivity index (χ0) is 23.9. The molecule has 0 saturated heterocycles. The largest absolute Gasteiger partial charge is 0.379 e. The first-order valence-electron chi connectivity index (χ1n) is 13.7. The van der Waals surface area contributed by atoms with E-state index in [1.54, 1.807) is 0 Å². The fraction of sp³-hybridized carbons (Fsp3) is 0.613. The molecule has 1 atom stereocenters. The van der Waals surface area contributed by atoms with Gasteiger partial charge in [-0.05, 0) is 17.5 Å². The molecule has 0 amide bonds. The summed E-state index contributed by atoms with van der Waals surface area (Å²) in [5.74, 6) is 0. The van der Waals surface area contributed by atoms with Gasteiger partial charge in [0, 0.05) is 6.61 Å². The van der Waals surface area contributed by atoms with Gasteiger partial charge >= 0.3 is 0 Å². The van der Waals surface area contributed by atoms with Crippen LogP contribution in [0.3, 0.4) is 0 Å². The van der Waals surface area contributed by atoms with Crippen LogP contribution in [0, 0.1) is 0 Å². The number of hydrogen-bond donors (Lipinski definition) is 0. The third-order valence-electron chi connectivity index (χ3n) is 6.19. The molecule has 0 N–H and O–H groups in total. The molecule has 0 aliphatic carbocycles.